The second-order valence-corrected chi connectivity index (χ2v) is 7.12. The van der Waals surface area contributed by atoms with Gasteiger partial charge in [0.1, 0.15) is 12.3 Å². The van der Waals surface area contributed by atoms with Gasteiger partial charge in [-0.2, -0.15) is 0 Å². The van der Waals surface area contributed by atoms with Crippen molar-refractivity contribution in [3.05, 3.63) is 54.1 Å². The molecule has 0 aliphatic heterocycles. The van der Waals surface area contributed by atoms with Crippen molar-refractivity contribution in [1.82, 2.24) is 0 Å². The largest absolute Gasteiger partial charge is 0.495 e. The standard InChI is InChI=1S/C21H26N2O3/c1-15(24)23(18-12-8-6-10-16(18)21(2,3)4)14-20(25)22-17-11-7-9-13-19(17)26-5/h6-13H,14H2,1-5H3,(H,22,25). The van der Waals surface area contributed by atoms with Crippen molar-refractivity contribution in [2.24, 2.45) is 0 Å². The van der Waals surface area contributed by atoms with E-state index in [0.717, 1.165) is 11.3 Å². The van der Waals surface area contributed by atoms with E-state index in [1.165, 1.54) is 11.8 Å². The highest BCUT2D eigenvalue weighted by molar-refractivity contribution is 6.02. The first kappa shape index (κ1) is 19.5. The van der Waals surface area contributed by atoms with Crippen molar-refractivity contribution in [2.45, 2.75) is 33.1 Å². The molecule has 0 saturated heterocycles. The second kappa shape index (κ2) is 8.04. The molecule has 0 heterocycles. The maximum absolute atomic E-state index is 12.6. The van der Waals surface area contributed by atoms with E-state index in [2.05, 4.69) is 26.1 Å². The molecule has 0 atom stereocenters. The summed E-state index contributed by atoms with van der Waals surface area (Å²) in [6, 6.07) is 14.9. The molecule has 0 aliphatic rings. The molecule has 0 fully saturated rings. The molecule has 0 unspecified atom stereocenters. The van der Waals surface area contributed by atoms with Crippen LogP contribution in [0.5, 0.6) is 5.75 Å². The molecule has 5 heteroatoms. The molecule has 26 heavy (non-hydrogen) atoms. The molecule has 0 aromatic heterocycles. The highest BCUT2D eigenvalue weighted by Gasteiger charge is 2.24. The van der Waals surface area contributed by atoms with E-state index in [0.29, 0.717) is 11.4 Å². The van der Waals surface area contributed by atoms with Gasteiger partial charge < -0.3 is 15.0 Å². The van der Waals surface area contributed by atoms with E-state index in [-0.39, 0.29) is 23.8 Å². The van der Waals surface area contributed by atoms with Crippen LogP contribution < -0.4 is 15.0 Å². The Morgan fingerprint density at radius 2 is 1.65 bits per heavy atom. The van der Waals surface area contributed by atoms with Crippen molar-refractivity contribution >= 4 is 23.2 Å². The number of anilines is 2. The van der Waals surface area contributed by atoms with Crippen molar-refractivity contribution in [2.75, 3.05) is 23.9 Å². The van der Waals surface area contributed by atoms with E-state index in [9.17, 15) is 9.59 Å². The number of nitrogens with one attached hydrogen (secondary N) is 1. The molecule has 2 aromatic rings. The minimum absolute atomic E-state index is 0.0690. The summed E-state index contributed by atoms with van der Waals surface area (Å²) < 4.78 is 5.25. The van der Waals surface area contributed by atoms with Crippen LogP contribution in [0.25, 0.3) is 0 Å². The monoisotopic (exact) mass is 354 g/mol. The lowest BCUT2D eigenvalue weighted by molar-refractivity contribution is -0.120. The Kier molecular flexibility index (Phi) is 6.03. The van der Waals surface area contributed by atoms with Gasteiger partial charge in [0.05, 0.1) is 12.8 Å². The number of rotatable bonds is 5. The Labute approximate surface area is 155 Å². The Hall–Kier alpha value is -2.82. The van der Waals surface area contributed by atoms with Crippen LogP contribution in [0.3, 0.4) is 0 Å². The van der Waals surface area contributed by atoms with Gasteiger partial charge in [-0.25, -0.2) is 0 Å². The number of methoxy groups -OCH3 is 1. The molecule has 2 aromatic carbocycles. The third kappa shape index (κ3) is 4.63. The second-order valence-electron chi connectivity index (χ2n) is 7.12. The highest BCUT2D eigenvalue weighted by Crippen LogP contribution is 2.32. The highest BCUT2D eigenvalue weighted by atomic mass is 16.5. The zero-order chi connectivity index (χ0) is 19.3. The van der Waals surface area contributed by atoms with Crippen LogP contribution in [-0.4, -0.2) is 25.5 Å². The lowest BCUT2D eigenvalue weighted by atomic mass is 9.85. The van der Waals surface area contributed by atoms with Gasteiger partial charge in [0.2, 0.25) is 11.8 Å². The van der Waals surface area contributed by atoms with Crippen LogP contribution in [0, 0.1) is 0 Å². The molecular weight excluding hydrogens is 328 g/mol. The predicted octanol–water partition coefficient (Wildman–Crippen LogP) is 3.98. The van der Waals surface area contributed by atoms with E-state index < -0.39 is 0 Å². The van der Waals surface area contributed by atoms with Crippen molar-refractivity contribution in [3.8, 4) is 5.75 Å². The molecule has 0 spiro atoms. The van der Waals surface area contributed by atoms with Gasteiger partial charge >= 0.3 is 0 Å². The number of amides is 2. The molecular formula is C21H26N2O3. The summed E-state index contributed by atoms with van der Waals surface area (Å²) in [6.07, 6.45) is 0. The van der Waals surface area contributed by atoms with Crippen LogP contribution in [0.4, 0.5) is 11.4 Å². The summed E-state index contributed by atoms with van der Waals surface area (Å²) in [4.78, 5) is 26.3. The Morgan fingerprint density at radius 3 is 2.27 bits per heavy atom. The van der Waals surface area contributed by atoms with Crippen LogP contribution in [0.15, 0.2) is 48.5 Å². The van der Waals surface area contributed by atoms with Gasteiger partial charge in [-0.15, -0.1) is 0 Å². The van der Waals surface area contributed by atoms with Crippen LogP contribution in [-0.2, 0) is 15.0 Å². The molecule has 1 N–H and O–H groups in total. The Bertz CT molecular complexity index is 794. The first-order chi connectivity index (χ1) is 12.2. The summed E-state index contributed by atoms with van der Waals surface area (Å²) in [7, 11) is 1.55. The van der Waals surface area contributed by atoms with Gasteiger partial charge in [0.25, 0.3) is 0 Å². The maximum Gasteiger partial charge on any atom is 0.244 e. The molecule has 0 radical (unpaired) electrons. The normalized spacial score (nSPS) is 11.0. The average Bonchev–Trinajstić information content (AvgIpc) is 2.59. The van der Waals surface area contributed by atoms with Gasteiger partial charge in [-0.3, -0.25) is 9.59 Å². The zero-order valence-electron chi connectivity index (χ0n) is 16.0. The summed E-state index contributed by atoms with van der Waals surface area (Å²) >= 11 is 0. The minimum atomic E-state index is -0.284. The third-order valence-electron chi connectivity index (χ3n) is 4.07. The molecule has 5 nitrogen and oxygen atoms in total. The van der Waals surface area contributed by atoms with Gasteiger partial charge in [0.15, 0.2) is 0 Å². The number of hydrogen-bond acceptors (Lipinski definition) is 3. The first-order valence-electron chi connectivity index (χ1n) is 8.54. The van der Waals surface area contributed by atoms with Crippen LogP contribution in [0.2, 0.25) is 0 Å². The number of benzene rings is 2. The molecule has 2 rings (SSSR count). The predicted molar refractivity (Wildman–Crippen MR) is 105 cm³/mol. The molecule has 2 amide bonds. The number of hydrogen-bond donors (Lipinski definition) is 1. The molecule has 138 valence electrons. The number of para-hydroxylation sites is 3. The SMILES string of the molecule is COc1ccccc1NC(=O)CN(C(C)=O)c1ccccc1C(C)(C)C. The van der Waals surface area contributed by atoms with E-state index in [1.807, 2.05) is 36.4 Å². The van der Waals surface area contributed by atoms with Crippen LogP contribution >= 0.6 is 0 Å². The number of carbonyl (C=O) groups is 2. The van der Waals surface area contributed by atoms with Crippen molar-refractivity contribution in [3.63, 3.8) is 0 Å². The summed E-state index contributed by atoms with van der Waals surface area (Å²) in [5.74, 6) is 0.107. The first-order valence-corrected chi connectivity index (χ1v) is 8.54. The summed E-state index contributed by atoms with van der Waals surface area (Å²) in [6.45, 7) is 7.65. The molecule has 0 aliphatic carbocycles. The third-order valence-corrected chi connectivity index (χ3v) is 4.07. The van der Waals surface area contributed by atoms with E-state index in [1.54, 1.807) is 19.2 Å². The quantitative estimate of drug-likeness (QED) is 0.883. The van der Waals surface area contributed by atoms with E-state index >= 15 is 0 Å². The molecule has 0 bridgehead atoms. The topological polar surface area (TPSA) is 58.6 Å². The molecule has 0 saturated carbocycles. The van der Waals surface area contributed by atoms with E-state index in [4.69, 9.17) is 4.74 Å². The average molecular weight is 354 g/mol. The van der Waals surface area contributed by atoms with Crippen molar-refractivity contribution in [1.29, 1.82) is 0 Å². The van der Waals surface area contributed by atoms with Gasteiger partial charge in [-0.1, -0.05) is 51.1 Å². The fourth-order valence-electron chi connectivity index (χ4n) is 2.79. The van der Waals surface area contributed by atoms with Gasteiger partial charge in [0, 0.05) is 12.6 Å². The van der Waals surface area contributed by atoms with Crippen molar-refractivity contribution < 1.29 is 14.3 Å². The Balaban J connectivity index is 2.27. The number of nitrogens with zero attached hydrogens (tertiary/aromatic N) is 1. The lowest BCUT2D eigenvalue weighted by Crippen LogP contribution is -2.38. The Morgan fingerprint density at radius 1 is 1.04 bits per heavy atom. The zero-order valence-corrected chi connectivity index (χ0v) is 16.0. The smallest absolute Gasteiger partial charge is 0.244 e. The summed E-state index contributed by atoms with van der Waals surface area (Å²) in [5.41, 5.74) is 2.19. The summed E-state index contributed by atoms with van der Waals surface area (Å²) in [5, 5.41) is 2.82. The fourth-order valence-corrected chi connectivity index (χ4v) is 2.79. The number of carbonyl (C=O) groups excluding carboxylic acids is 2. The lowest BCUT2D eigenvalue weighted by Gasteiger charge is -2.29. The minimum Gasteiger partial charge on any atom is -0.495 e. The number of ether oxygens (including phenoxy) is 1. The van der Waals surface area contributed by atoms with Gasteiger partial charge in [-0.05, 0) is 29.2 Å². The van der Waals surface area contributed by atoms with Crippen LogP contribution in [0.1, 0.15) is 33.3 Å². The maximum atomic E-state index is 12.6. The fraction of sp³-hybridized carbons (Fsp3) is 0.333.